The quantitative estimate of drug-likeness (QED) is 0.0859. The van der Waals surface area contributed by atoms with Crippen molar-refractivity contribution in [1.82, 2.24) is 0 Å². The van der Waals surface area contributed by atoms with E-state index in [1.807, 2.05) is 0 Å². The smallest absolute Gasteiger partial charge is 0.338 e. The van der Waals surface area contributed by atoms with Gasteiger partial charge in [-0.2, -0.15) is 0 Å². The first-order chi connectivity index (χ1) is 24.9. The maximum absolute atomic E-state index is 13.5. The van der Waals surface area contributed by atoms with Gasteiger partial charge in [-0.25, -0.2) is 24.0 Å². The summed E-state index contributed by atoms with van der Waals surface area (Å²) < 4.78 is 28.8. The average molecular weight is 687 g/mol. The topological polar surface area (TPSA) is 132 Å². The molecule has 0 aliphatic heterocycles. The molecular formula is C41H34O10. The maximum Gasteiger partial charge on any atom is 0.338 e. The Labute approximate surface area is 294 Å². The van der Waals surface area contributed by atoms with Gasteiger partial charge in [0.1, 0.15) is 25.4 Å². The minimum absolute atomic E-state index is 0.185. The number of benzene rings is 5. The fraction of sp³-hybridized carbons (Fsp3) is 0.146. The molecule has 5 rings (SSSR count). The van der Waals surface area contributed by atoms with Crippen LogP contribution in [0.4, 0.5) is 0 Å². The van der Waals surface area contributed by atoms with Crippen LogP contribution in [-0.4, -0.2) is 61.4 Å². The fourth-order valence-corrected chi connectivity index (χ4v) is 4.90. The van der Waals surface area contributed by atoms with Crippen LogP contribution in [0.1, 0.15) is 58.2 Å². The van der Waals surface area contributed by atoms with E-state index < -0.39 is 61.4 Å². The molecule has 0 saturated heterocycles. The highest BCUT2D eigenvalue weighted by atomic mass is 16.6. The molecule has 51 heavy (non-hydrogen) atoms. The molecule has 5 aromatic rings. The number of hydrogen-bond acceptors (Lipinski definition) is 10. The Morgan fingerprint density at radius 2 is 0.647 bits per heavy atom. The summed E-state index contributed by atoms with van der Waals surface area (Å²) in [7, 11) is 0. The van der Waals surface area contributed by atoms with Gasteiger partial charge in [-0.15, -0.1) is 0 Å². The summed E-state index contributed by atoms with van der Waals surface area (Å²) in [6.07, 6.45) is -4.32. The fourth-order valence-electron chi connectivity index (χ4n) is 4.90. The van der Waals surface area contributed by atoms with Crippen LogP contribution in [0.3, 0.4) is 0 Å². The van der Waals surface area contributed by atoms with E-state index in [1.54, 1.807) is 127 Å². The van der Waals surface area contributed by atoms with Gasteiger partial charge in [0, 0.05) is 6.42 Å². The van der Waals surface area contributed by atoms with Crippen LogP contribution >= 0.6 is 0 Å². The van der Waals surface area contributed by atoms with E-state index in [1.165, 1.54) is 24.3 Å². The highest BCUT2D eigenvalue weighted by Gasteiger charge is 2.35. The Balaban J connectivity index is 1.47. The van der Waals surface area contributed by atoms with Crippen LogP contribution < -0.4 is 0 Å². The van der Waals surface area contributed by atoms with Crippen molar-refractivity contribution in [2.24, 2.45) is 0 Å². The molecule has 5 aromatic carbocycles. The molecule has 0 spiro atoms. The van der Waals surface area contributed by atoms with Crippen molar-refractivity contribution in [1.29, 1.82) is 0 Å². The molecule has 0 aliphatic carbocycles. The zero-order chi connectivity index (χ0) is 35.8. The van der Waals surface area contributed by atoms with E-state index >= 15 is 0 Å². The SMILES string of the molecule is O=C(OC[C@H](C[C@@H](OC(=O)c1ccccc1)[C@@H](COC(=O)c1ccccc1)OC(=O)c1ccccc1)OC(=O)c1ccccc1)c1ccccc1. The van der Waals surface area contributed by atoms with Crippen molar-refractivity contribution < 1.29 is 47.7 Å². The van der Waals surface area contributed by atoms with E-state index in [-0.39, 0.29) is 34.2 Å². The van der Waals surface area contributed by atoms with Crippen molar-refractivity contribution in [3.63, 3.8) is 0 Å². The highest BCUT2D eigenvalue weighted by Crippen LogP contribution is 2.21. The van der Waals surface area contributed by atoms with Gasteiger partial charge in [-0.05, 0) is 60.7 Å². The largest absolute Gasteiger partial charge is 0.458 e. The molecule has 0 saturated carbocycles. The Bertz CT molecular complexity index is 1880. The first-order valence-corrected chi connectivity index (χ1v) is 16.1. The van der Waals surface area contributed by atoms with Gasteiger partial charge in [0.25, 0.3) is 0 Å². The summed E-state index contributed by atoms with van der Waals surface area (Å²) in [5.41, 5.74) is 1.10. The van der Waals surface area contributed by atoms with Crippen LogP contribution in [0.15, 0.2) is 152 Å². The Morgan fingerprint density at radius 3 is 1.02 bits per heavy atom. The van der Waals surface area contributed by atoms with Crippen molar-refractivity contribution >= 4 is 29.8 Å². The predicted molar refractivity (Wildman–Crippen MR) is 185 cm³/mol. The third kappa shape index (κ3) is 10.7. The van der Waals surface area contributed by atoms with Crippen LogP contribution in [0.2, 0.25) is 0 Å². The molecular weight excluding hydrogens is 652 g/mol. The molecule has 10 heteroatoms. The van der Waals surface area contributed by atoms with Gasteiger partial charge < -0.3 is 23.7 Å². The summed E-state index contributed by atoms with van der Waals surface area (Å²) >= 11 is 0. The second-order valence-corrected chi connectivity index (χ2v) is 11.2. The Hall–Kier alpha value is -6.55. The molecule has 0 aromatic heterocycles. The van der Waals surface area contributed by atoms with E-state index in [0.717, 1.165) is 0 Å². The minimum atomic E-state index is -1.40. The zero-order valence-electron chi connectivity index (χ0n) is 27.4. The normalized spacial score (nSPS) is 12.3. The molecule has 258 valence electrons. The lowest BCUT2D eigenvalue weighted by Gasteiger charge is -2.29. The monoisotopic (exact) mass is 686 g/mol. The van der Waals surface area contributed by atoms with Gasteiger partial charge in [-0.3, -0.25) is 0 Å². The van der Waals surface area contributed by atoms with Crippen molar-refractivity contribution in [2.75, 3.05) is 13.2 Å². The minimum Gasteiger partial charge on any atom is -0.458 e. The summed E-state index contributed by atoms with van der Waals surface area (Å²) in [5, 5.41) is 0. The predicted octanol–water partition coefficient (Wildman–Crippen LogP) is 6.77. The average Bonchev–Trinajstić information content (AvgIpc) is 3.19. The third-order valence-electron chi connectivity index (χ3n) is 7.53. The molecule has 0 bridgehead atoms. The number of carbonyl (C=O) groups excluding carboxylic acids is 5. The second-order valence-electron chi connectivity index (χ2n) is 11.2. The van der Waals surface area contributed by atoms with Gasteiger partial charge in [0.2, 0.25) is 0 Å². The molecule has 0 unspecified atom stereocenters. The second kappa shape index (κ2) is 18.3. The highest BCUT2D eigenvalue weighted by molar-refractivity contribution is 5.92. The molecule has 0 N–H and O–H groups in total. The van der Waals surface area contributed by atoms with Crippen molar-refractivity contribution in [3.05, 3.63) is 179 Å². The lowest BCUT2D eigenvalue weighted by atomic mass is 10.1. The zero-order valence-corrected chi connectivity index (χ0v) is 27.4. The molecule has 0 amide bonds. The molecule has 0 aliphatic rings. The van der Waals surface area contributed by atoms with Gasteiger partial charge in [-0.1, -0.05) is 91.0 Å². The van der Waals surface area contributed by atoms with Crippen LogP contribution in [0.5, 0.6) is 0 Å². The lowest BCUT2D eigenvalue weighted by Crippen LogP contribution is -2.43. The van der Waals surface area contributed by atoms with E-state index in [9.17, 15) is 24.0 Å². The van der Waals surface area contributed by atoms with Gasteiger partial charge in [0.05, 0.1) is 27.8 Å². The summed E-state index contributed by atoms with van der Waals surface area (Å²) in [6, 6.07) is 40.7. The summed E-state index contributed by atoms with van der Waals surface area (Å²) in [4.78, 5) is 66.1. The molecule has 0 fully saturated rings. The third-order valence-corrected chi connectivity index (χ3v) is 7.53. The van der Waals surface area contributed by atoms with E-state index in [0.29, 0.717) is 0 Å². The van der Waals surface area contributed by atoms with Crippen molar-refractivity contribution in [3.8, 4) is 0 Å². The number of ether oxygens (including phenoxy) is 5. The summed E-state index contributed by atoms with van der Waals surface area (Å²) in [6.45, 7) is -0.989. The number of carbonyl (C=O) groups is 5. The van der Waals surface area contributed by atoms with Crippen LogP contribution in [0, 0.1) is 0 Å². The van der Waals surface area contributed by atoms with E-state index in [4.69, 9.17) is 23.7 Å². The first kappa shape index (κ1) is 35.7. The number of hydrogen-bond donors (Lipinski definition) is 0. The maximum atomic E-state index is 13.5. The molecule has 0 radical (unpaired) electrons. The standard InChI is InChI=1S/C41H34O10/c42-37(29-16-6-1-7-17-29)47-27-34(49-39(44)31-20-10-3-11-21-31)26-35(50-40(45)32-22-12-4-13-23-32)36(51-41(46)33-24-14-5-15-25-33)28-48-38(43)30-18-8-2-9-19-30/h1-25,34-36H,26-28H2/t34-,35+,36+/m0/s1. The molecule has 3 atom stereocenters. The Morgan fingerprint density at radius 1 is 0.353 bits per heavy atom. The van der Waals surface area contributed by atoms with Gasteiger partial charge in [0.15, 0.2) is 6.10 Å². The van der Waals surface area contributed by atoms with E-state index in [2.05, 4.69) is 0 Å². The van der Waals surface area contributed by atoms with Gasteiger partial charge >= 0.3 is 29.8 Å². The Kier molecular flexibility index (Phi) is 12.8. The molecule has 0 heterocycles. The summed E-state index contributed by atoms with van der Waals surface area (Å²) in [5.74, 6) is -3.71. The number of esters is 5. The van der Waals surface area contributed by atoms with Crippen molar-refractivity contribution in [2.45, 2.75) is 24.7 Å². The molecule has 10 nitrogen and oxygen atoms in total. The van der Waals surface area contributed by atoms with Crippen LogP contribution in [-0.2, 0) is 23.7 Å². The van der Waals surface area contributed by atoms with Crippen LogP contribution in [0.25, 0.3) is 0 Å². The first-order valence-electron chi connectivity index (χ1n) is 16.1. The number of rotatable bonds is 15. The lowest BCUT2D eigenvalue weighted by molar-refractivity contribution is -0.0771.